The smallest absolute Gasteiger partial charge is 0.220 e. The quantitative estimate of drug-likeness (QED) is 0.274. The van der Waals surface area contributed by atoms with Crippen molar-refractivity contribution in [1.82, 2.24) is 5.32 Å². The molecule has 0 rings (SSSR count). The zero-order valence-corrected chi connectivity index (χ0v) is 19.5. The van der Waals surface area contributed by atoms with Crippen LogP contribution in [-0.4, -0.2) is 29.7 Å². The standard InChI is InChI=1S/C21H41NO2S2/c1-20(2,3)14-10-8-7-9-11-15-22-19(24)13-17-26-25-16-12-18(23)21(4,5)6/h7-17H2,1-6H3,(H,22,24). The first-order chi connectivity index (χ1) is 12.0. The highest BCUT2D eigenvalue weighted by molar-refractivity contribution is 8.76. The molecule has 1 amide bonds. The van der Waals surface area contributed by atoms with Gasteiger partial charge in [0.05, 0.1) is 0 Å². The van der Waals surface area contributed by atoms with Gasteiger partial charge in [-0.05, 0) is 18.3 Å². The maximum absolute atomic E-state index is 11.8. The molecule has 154 valence electrons. The summed E-state index contributed by atoms with van der Waals surface area (Å²) in [6.07, 6.45) is 8.65. The molecule has 5 heteroatoms. The van der Waals surface area contributed by atoms with Crippen molar-refractivity contribution in [1.29, 1.82) is 0 Å². The third kappa shape index (κ3) is 17.3. The van der Waals surface area contributed by atoms with Crippen molar-refractivity contribution in [2.24, 2.45) is 10.8 Å². The van der Waals surface area contributed by atoms with Crippen LogP contribution in [0.15, 0.2) is 0 Å². The summed E-state index contributed by atoms with van der Waals surface area (Å²) in [6, 6.07) is 0. The van der Waals surface area contributed by atoms with Crippen LogP contribution in [0.1, 0.15) is 92.9 Å². The fraction of sp³-hybridized carbons (Fsp3) is 0.905. The summed E-state index contributed by atoms with van der Waals surface area (Å²) in [5, 5.41) is 3.01. The van der Waals surface area contributed by atoms with Gasteiger partial charge in [-0.3, -0.25) is 9.59 Å². The monoisotopic (exact) mass is 403 g/mol. The number of ketones is 1. The van der Waals surface area contributed by atoms with E-state index in [4.69, 9.17) is 0 Å². The number of unbranched alkanes of at least 4 members (excludes halogenated alkanes) is 4. The third-order valence-electron chi connectivity index (χ3n) is 4.17. The Morgan fingerprint density at radius 2 is 1.31 bits per heavy atom. The van der Waals surface area contributed by atoms with E-state index in [2.05, 4.69) is 26.1 Å². The summed E-state index contributed by atoms with van der Waals surface area (Å²) in [5.41, 5.74) is 0.212. The van der Waals surface area contributed by atoms with Crippen LogP contribution in [0.3, 0.4) is 0 Å². The maximum Gasteiger partial charge on any atom is 0.220 e. The highest BCUT2D eigenvalue weighted by Crippen LogP contribution is 2.25. The molecule has 0 unspecified atom stereocenters. The molecular weight excluding hydrogens is 362 g/mol. The molecule has 0 aliphatic heterocycles. The minimum absolute atomic E-state index is 0.150. The zero-order valence-electron chi connectivity index (χ0n) is 17.9. The van der Waals surface area contributed by atoms with Gasteiger partial charge >= 0.3 is 0 Å². The van der Waals surface area contributed by atoms with Crippen LogP contribution < -0.4 is 5.32 Å². The number of nitrogens with one attached hydrogen (secondary N) is 1. The molecule has 0 aromatic rings. The van der Waals surface area contributed by atoms with Crippen LogP contribution in [0.2, 0.25) is 0 Å². The van der Waals surface area contributed by atoms with Gasteiger partial charge in [0.2, 0.25) is 5.91 Å². The van der Waals surface area contributed by atoms with Crippen molar-refractivity contribution < 1.29 is 9.59 Å². The Bertz CT molecular complexity index is 398. The average molecular weight is 404 g/mol. The van der Waals surface area contributed by atoms with E-state index < -0.39 is 0 Å². The Balaban J connectivity index is 3.39. The normalized spacial score (nSPS) is 12.2. The number of carbonyl (C=O) groups is 2. The molecule has 0 atom stereocenters. The van der Waals surface area contributed by atoms with Gasteiger partial charge in [-0.15, -0.1) is 0 Å². The number of rotatable bonds is 14. The van der Waals surface area contributed by atoms with Crippen molar-refractivity contribution >= 4 is 33.3 Å². The van der Waals surface area contributed by atoms with Gasteiger partial charge in [-0.1, -0.05) is 88.8 Å². The van der Waals surface area contributed by atoms with E-state index in [0.29, 0.717) is 24.0 Å². The van der Waals surface area contributed by atoms with Gasteiger partial charge in [-0.2, -0.15) is 0 Å². The van der Waals surface area contributed by atoms with Crippen molar-refractivity contribution in [3.05, 3.63) is 0 Å². The van der Waals surface area contributed by atoms with E-state index >= 15 is 0 Å². The van der Waals surface area contributed by atoms with Gasteiger partial charge in [-0.25, -0.2) is 0 Å². The van der Waals surface area contributed by atoms with Crippen molar-refractivity contribution in [3.63, 3.8) is 0 Å². The molecule has 0 aromatic carbocycles. The molecule has 0 saturated heterocycles. The van der Waals surface area contributed by atoms with E-state index in [-0.39, 0.29) is 11.3 Å². The lowest BCUT2D eigenvalue weighted by Crippen LogP contribution is -2.24. The first kappa shape index (κ1) is 25.8. The molecule has 3 nitrogen and oxygen atoms in total. The Hall–Kier alpha value is -0.160. The molecular formula is C21H41NO2S2. The van der Waals surface area contributed by atoms with Crippen molar-refractivity contribution in [2.45, 2.75) is 92.9 Å². The maximum atomic E-state index is 11.8. The Morgan fingerprint density at radius 1 is 0.769 bits per heavy atom. The van der Waals surface area contributed by atoms with E-state index in [1.54, 1.807) is 21.6 Å². The molecule has 0 aliphatic carbocycles. The summed E-state index contributed by atoms with van der Waals surface area (Å²) in [6.45, 7) is 13.6. The van der Waals surface area contributed by atoms with E-state index in [1.807, 2.05) is 20.8 Å². The Kier molecular flexibility index (Phi) is 13.8. The van der Waals surface area contributed by atoms with Gasteiger partial charge in [0.1, 0.15) is 5.78 Å². The van der Waals surface area contributed by atoms with Gasteiger partial charge < -0.3 is 5.32 Å². The molecule has 0 aromatic heterocycles. The van der Waals surface area contributed by atoms with E-state index in [1.165, 1.54) is 32.1 Å². The van der Waals surface area contributed by atoms with Crippen LogP contribution in [-0.2, 0) is 9.59 Å². The van der Waals surface area contributed by atoms with Crippen LogP contribution in [0.4, 0.5) is 0 Å². The van der Waals surface area contributed by atoms with Gasteiger partial charge in [0.15, 0.2) is 0 Å². The minimum atomic E-state index is -0.238. The summed E-state index contributed by atoms with van der Waals surface area (Å²) in [7, 11) is 3.39. The lowest BCUT2D eigenvalue weighted by atomic mass is 9.89. The number of Topliss-reactive ketones (excluding diaryl/α,β-unsaturated/α-hetero) is 1. The number of hydrogen-bond donors (Lipinski definition) is 1. The lowest BCUT2D eigenvalue weighted by Gasteiger charge is -2.17. The van der Waals surface area contributed by atoms with Gasteiger partial charge in [0, 0.05) is 36.3 Å². The molecule has 0 bridgehead atoms. The van der Waals surface area contributed by atoms with Crippen LogP contribution in [0, 0.1) is 10.8 Å². The first-order valence-corrected chi connectivity index (χ1v) is 12.6. The van der Waals surface area contributed by atoms with Crippen LogP contribution in [0.5, 0.6) is 0 Å². The highest BCUT2D eigenvalue weighted by atomic mass is 33.1. The molecule has 0 radical (unpaired) electrons. The van der Waals surface area contributed by atoms with Gasteiger partial charge in [0.25, 0.3) is 0 Å². The minimum Gasteiger partial charge on any atom is -0.356 e. The van der Waals surface area contributed by atoms with E-state index in [0.717, 1.165) is 24.5 Å². The summed E-state index contributed by atoms with van der Waals surface area (Å²) in [5.74, 6) is 2.10. The molecule has 0 aliphatic rings. The molecule has 0 fully saturated rings. The summed E-state index contributed by atoms with van der Waals surface area (Å²) < 4.78 is 0. The largest absolute Gasteiger partial charge is 0.356 e. The fourth-order valence-electron chi connectivity index (χ4n) is 2.39. The fourth-order valence-corrected chi connectivity index (χ4v) is 4.37. The second kappa shape index (κ2) is 13.9. The second-order valence-electron chi connectivity index (χ2n) is 9.25. The Morgan fingerprint density at radius 3 is 1.88 bits per heavy atom. The van der Waals surface area contributed by atoms with Crippen LogP contribution >= 0.6 is 21.6 Å². The predicted octanol–water partition coefficient (Wildman–Crippen LogP) is 6.27. The molecule has 1 N–H and O–H groups in total. The topological polar surface area (TPSA) is 46.2 Å². The van der Waals surface area contributed by atoms with Crippen molar-refractivity contribution in [2.75, 3.05) is 18.1 Å². The Labute approximate surface area is 170 Å². The average Bonchev–Trinajstić information content (AvgIpc) is 2.51. The lowest BCUT2D eigenvalue weighted by molar-refractivity contribution is -0.125. The number of amides is 1. The highest BCUT2D eigenvalue weighted by Gasteiger charge is 2.20. The van der Waals surface area contributed by atoms with Crippen molar-refractivity contribution in [3.8, 4) is 0 Å². The molecule has 0 saturated carbocycles. The number of hydrogen-bond acceptors (Lipinski definition) is 4. The summed E-state index contributed by atoms with van der Waals surface area (Å²) in [4.78, 5) is 23.6. The second-order valence-corrected chi connectivity index (χ2v) is 11.9. The molecule has 0 spiro atoms. The molecule has 26 heavy (non-hydrogen) atoms. The zero-order chi connectivity index (χ0) is 20.1. The van der Waals surface area contributed by atoms with E-state index in [9.17, 15) is 9.59 Å². The third-order valence-corrected chi connectivity index (χ3v) is 6.58. The SMILES string of the molecule is CC(C)(C)CCCCCCCNC(=O)CCSSCCC(=O)C(C)(C)C. The number of carbonyl (C=O) groups excluding carboxylic acids is 2. The summed E-state index contributed by atoms with van der Waals surface area (Å²) >= 11 is 0. The predicted molar refractivity (Wildman–Crippen MR) is 119 cm³/mol. The first-order valence-electron chi connectivity index (χ1n) is 10.1. The van der Waals surface area contributed by atoms with Crippen LogP contribution in [0.25, 0.3) is 0 Å². The molecule has 0 heterocycles.